The zero-order chi connectivity index (χ0) is 21.2. The third-order valence-electron chi connectivity index (χ3n) is 6.18. The van der Waals surface area contributed by atoms with Crippen LogP contribution in [0.3, 0.4) is 0 Å². The molecule has 0 nitrogen and oxygen atoms in total. The van der Waals surface area contributed by atoms with E-state index in [2.05, 4.69) is 146 Å². The van der Waals surface area contributed by atoms with Crippen molar-refractivity contribution >= 4 is 42.2 Å². The standard InChI is InChI=1S/C28H28IP/c1-22-13-7-10-18-26(22)30(29,21-25-16-5-4-6-17-25,27-19-11-8-14-23(27)2)28-20-12-9-15-24(28)3/h4-20H,21H2,1-3H3. The molecule has 0 spiro atoms. The fourth-order valence-corrected chi connectivity index (χ4v) is 16.7. The van der Waals surface area contributed by atoms with Crippen LogP contribution in [0.15, 0.2) is 103 Å². The second kappa shape index (κ2) is 8.29. The van der Waals surface area contributed by atoms with Crippen molar-refractivity contribution in [3.63, 3.8) is 0 Å². The molecule has 30 heavy (non-hydrogen) atoms. The Morgan fingerprint density at radius 2 is 0.833 bits per heavy atom. The number of aryl methyl sites for hydroxylation is 3. The summed E-state index contributed by atoms with van der Waals surface area (Å²) >= 11 is 2.92. The third-order valence-corrected chi connectivity index (χ3v) is 17.4. The van der Waals surface area contributed by atoms with E-state index < -0.39 is 4.25 Å². The molecule has 2 heteroatoms. The van der Waals surface area contributed by atoms with Crippen LogP contribution in [0.2, 0.25) is 0 Å². The van der Waals surface area contributed by atoms with Gasteiger partial charge in [-0.15, -0.1) is 0 Å². The van der Waals surface area contributed by atoms with E-state index in [0.717, 1.165) is 6.16 Å². The summed E-state index contributed by atoms with van der Waals surface area (Å²) in [4.78, 5) is 0. The van der Waals surface area contributed by atoms with Crippen molar-refractivity contribution in [1.82, 2.24) is 0 Å². The topological polar surface area (TPSA) is 0 Å². The molecule has 0 saturated heterocycles. The van der Waals surface area contributed by atoms with Crippen LogP contribution in [0.4, 0.5) is 0 Å². The normalized spacial score (nSPS) is 12.9. The Bertz CT molecular complexity index is 1070. The van der Waals surface area contributed by atoms with Gasteiger partial charge in [-0.3, -0.25) is 0 Å². The number of halogens is 1. The first-order chi connectivity index (χ1) is 14.4. The van der Waals surface area contributed by atoms with E-state index in [9.17, 15) is 0 Å². The third kappa shape index (κ3) is 3.43. The number of benzene rings is 4. The molecule has 4 aromatic carbocycles. The van der Waals surface area contributed by atoms with Crippen LogP contribution >= 0.6 is 26.3 Å². The fraction of sp³-hybridized carbons (Fsp3) is 0.143. The summed E-state index contributed by atoms with van der Waals surface area (Å²) in [5.74, 6) is 0. The molecule has 0 amide bonds. The van der Waals surface area contributed by atoms with Gasteiger partial charge in [0.25, 0.3) is 0 Å². The maximum absolute atomic E-state index is 2.92. The van der Waals surface area contributed by atoms with E-state index in [1.165, 1.54) is 38.2 Å². The van der Waals surface area contributed by atoms with Gasteiger partial charge in [-0.25, -0.2) is 0 Å². The van der Waals surface area contributed by atoms with Crippen molar-refractivity contribution in [2.75, 3.05) is 0 Å². The van der Waals surface area contributed by atoms with Crippen molar-refractivity contribution in [2.45, 2.75) is 26.9 Å². The van der Waals surface area contributed by atoms with Gasteiger partial charge in [-0.1, -0.05) is 0 Å². The summed E-state index contributed by atoms with van der Waals surface area (Å²) in [6.45, 7) is 6.82. The zero-order valence-corrected chi connectivity index (χ0v) is 20.9. The van der Waals surface area contributed by atoms with Crippen molar-refractivity contribution in [1.29, 1.82) is 0 Å². The fourth-order valence-electron chi connectivity index (χ4n) is 4.83. The Kier molecular flexibility index (Phi) is 5.88. The molecule has 0 unspecified atom stereocenters. The number of hydrogen-bond donors (Lipinski definition) is 0. The van der Waals surface area contributed by atoms with Crippen LogP contribution in [0, 0.1) is 20.8 Å². The predicted molar refractivity (Wildman–Crippen MR) is 144 cm³/mol. The number of rotatable bonds is 5. The summed E-state index contributed by atoms with van der Waals surface area (Å²) in [6, 6.07) is 38.1. The van der Waals surface area contributed by atoms with E-state index >= 15 is 0 Å². The Morgan fingerprint density at radius 1 is 0.500 bits per heavy atom. The first-order valence-electron chi connectivity index (χ1n) is 10.4. The summed E-state index contributed by atoms with van der Waals surface area (Å²) < 4.78 is -2.85. The Morgan fingerprint density at radius 3 is 1.20 bits per heavy atom. The average Bonchev–Trinajstić information content (AvgIpc) is 2.75. The molecule has 0 aliphatic carbocycles. The maximum atomic E-state index is 2.92. The van der Waals surface area contributed by atoms with Crippen molar-refractivity contribution < 1.29 is 0 Å². The van der Waals surface area contributed by atoms with E-state index in [4.69, 9.17) is 0 Å². The van der Waals surface area contributed by atoms with E-state index in [0.29, 0.717) is 0 Å². The van der Waals surface area contributed by atoms with Crippen molar-refractivity contribution in [3.05, 3.63) is 125 Å². The molecule has 4 rings (SSSR count). The minimum absolute atomic E-state index is 1.01. The Hall–Kier alpha value is -1.96. The molecule has 152 valence electrons. The van der Waals surface area contributed by atoms with E-state index in [1.807, 2.05) is 0 Å². The monoisotopic (exact) mass is 522 g/mol. The van der Waals surface area contributed by atoms with Crippen LogP contribution in [0.25, 0.3) is 0 Å². The molecular weight excluding hydrogens is 494 g/mol. The summed E-state index contributed by atoms with van der Waals surface area (Å²) in [6.07, 6.45) is 1.01. The van der Waals surface area contributed by atoms with Gasteiger partial charge in [0, 0.05) is 0 Å². The first kappa shape index (κ1) is 21.3. The predicted octanol–water partition coefficient (Wildman–Crippen LogP) is 6.99. The van der Waals surface area contributed by atoms with Crippen LogP contribution < -0.4 is 15.9 Å². The SMILES string of the molecule is Cc1ccccc1P(I)(Cc1ccccc1)(c1ccccc1C)c1ccccc1C. The number of hydrogen-bond acceptors (Lipinski definition) is 0. The van der Waals surface area contributed by atoms with E-state index in [1.54, 1.807) is 0 Å². The Labute approximate surface area is 193 Å². The molecule has 0 heterocycles. The zero-order valence-electron chi connectivity index (χ0n) is 17.8. The molecule has 0 aromatic heterocycles. The molecule has 0 N–H and O–H groups in total. The first-order valence-corrected chi connectivity index (χ1v) is 15.6. The minimum atomic E-state index is -2.85. The van der Waals surface area contributed by atoms with E-state index in [-0.39, 0.29) is 0 Å². The molecule has 0 aliphatic rings. The van der Waals surface area contributed by atoms with Crippen molar-refractivity contribution in [2.24, 2.45) is 0 Å². The van der Waals surface area contributed by atoms with Gasteiger partial charge in [0.05, 0.1) is 0 Å². The molecule has 0 fully saturated rings. The van der Waals surface area contributed by atoms with Crippen LogP contribution in [-0.2, 0) is 6.16 Å². The summed E-state index contributed by atoms with van der Waals surface area (Å²) in [5, 5.41) is 4.45. The molecular formula is C28H28IP. The average molecular weight is 522 g/mol. The summed E-state index contributed by atoms with van der Waals surface area (Å²) in [7, 11) is 0. The molecule has 4 aromatic rings. The van der Waals surface area contributed by atoms with Gasteiger partial charge in [0.1, 0.15) is 0 Å². The van der Waals surface area contributed by atoms with Gasteiger partial charge >= 0.3 is 195 Å². The van der Waals surface area contributed by atoms with Crippen LogP contribution in [0.5, 0.6) is 0 Å². The van der Waals surface area contributed by atoms with Crippen LogP contribution in [0.1, 0.15) is 22.3 Å². The van der Waals surface area contributed by atoms with Crippen LogP contribution in [-0.4, -0.2) is 0 Å². The Balaban J connectivity index is 2.21. The van der Waals surface area contributed by atoms with Gasteiger partial charge in [0.15, 0.2) is 0 Å². The second-order valence-electron chi connectivity index (χ2n) is 8.19. The van der Waals surface area contributed by atoms with Gasteiger partial charge in [-0.2, -0.15) is 0 Å². The van der Waals surface area contributed by atoms with Crippen molar-refractivity contribution in [3.8, 4) is 0 Å². The molecule has 0 radical (unpaired) electrons. The quantitative estimate of drug-likeness (QED) is 0.196. The molecule has 0 saturated carbocycles. The molecule has 0 atom stereocenters. The van der Waals surface area contributed by atoms with Gasteiger partial charge < -0.3 is 0 Å². The molecule has 0 aliphatic heterocycles. The van der Waals surface area contributed by atoms with Gasteiger partial charge in [0.2, 0.25) is 0 Å². The second-order valence-corrected chi connectivity index (χ2v) is 18.7. The van der Waals surface area contributed by atoms with Gasteiger partial charge in [-0.05, 0) is 0 Å². The molecule has 0 bridgehead atoms. The summed E-state index contributed by atoms with van der Waals surface area (Å²) in [5.41, 5.74) is 5.49.